The van der Waals surface area contributed by atoms with Crippen LogP contribution in [0.1, 0.15) is 5.56 Å². The second-order valence-corrected chi connectivity index (χ2v) is 3.65. The number of benzene rings is 2. The topological polar surface area (TPSA) is 35.2 Å². The fraction of sp³-hybridized carbons (Fsp3) is 0.0769. The number of hydrogen-bond acceptors (Lipinski definition) is 2. The number of nitrogens with two attached hydrogens (primary N) is 1. The van der Waals surface area contributed by atoms with E-state index in [1.807, 2.05) is 0 Å². The summed E-state index contributed by atoms with van der Waals surface area (Å²) in [7, 11) is 0. The van der Waals surface area contributed by atoms with E-state index < -0.39 is 23.2 Å². The van der Waals surface area contributed by atoms with E-state index >= 15 is 0 Å². The Hall–Kier alpha value is -2.01. The molecule has 2 rings (SSSR count). The predicted molar refractivity (Wildman–Crippen MR) is 60.7 cm³/mol. The Morgan fingerprint density at radius 1 is 0.944 bits per heavy atom. The highest BCUT2D eigenvalue weighted by atomic mass is 19.1. The molecule has 0 spiro atoms. The highest BCUT2D eigenvalue weighted by molar-refractivity contribution is 5.35. The van der Waals surface area contributed by atoms with Crippen molar-refractivity contribution >= 4 is 0 Å². The minimum atomic E-state index is -0.847. The fourth-order valence-electron chi connectivity index (χ4n) is 1.45. The van der Waals surface area contributed by atoms with Crippen molar-refractivity contribution in [3.05, 3.63) is 59.4 Å². The summed E-state index contributed by atoms with van der Waals surface area (Å²) < 4.78 is 44.8. The third-order valence-electron chi connectivity index (χ3n) is 2.33. The van der Waals surface area contributed by atoms with Gasteiger partial charge in [0.15, 0.2) is 17.4 Å². The number of rotatable bonds is 3. The molecule has 0 saturated carbocycles. The summed E-state index contributed by atoms with van der Waals surface area (Å²) in [5.74, 6) is -2.53. The minimum Gasteiger partial charge on any atom is -0.451 e. The molecule has 0 bridgehead atoms. The van der Waals surface area contributed by atoms with Crippen LogP contribution in [0.25, 0.3) is 0 Å². The van der Waals surface area contributed by atoms with Crippen molar-refractivity contribution in [2.24, 2.45) is 5.73 Å². The Kier molecular flexibility index (Phi) is 3.53. The van der Waals surface area contributed by atoms with E-state index in [1.165, 1.54) is 12.1 Å². The number of hydrogen-bond donors (Lipinski definition) is 1. The van der Waals surface area contributed by atoms with Crippen molar-refractivity contribution < 1.29 is 17.9 Å². The smallest absolute Gasteiger partial charge is 0.198 e. The van der Waals surface area contributed by atoms with Gasteiger partial charge in [0.2, 0.25) is 0 Å². The van der Waals surface area contributed by atoms with Crippen LogP contribution in [-0.2, 0) is 6.54 Å². The summed E-state index contributed by atoms with van der Waals surface area (Å²) >= 11 is 0. The molecule has 5 heteroatoms. The first kappa shape index (κ1) is 12.4. The maximum absolute atomic E-state index is 13.6. The summed E-state index contributed by atoms with van der Waals surface area (Å²) in [6.45, 7) is 0.0324. The molecule has 18 heavy (non-hydrogen) atoms. The summed E-state index contributed by atoms with van der Waals surface area (Å²) in [6, 6.07) is 7.04. The molecule has 0 fully saturated rings. The van der Waals surface area contributed by atoms with Crippen LogP contribution in [0.3, 0.4) is 0 Å². The van der Waals surface area contributed by atoms with Gasteiger partial charge in [-0.3, -0.25) is 0 Å². The summed E-state index contributed by atoms with van der Waals surface area (Å²) in [4.78, 5) is 0. The van der Waals surface area contributed by atoms with Crippen LogP contribution in [0.5, 0.6) is 11.5 Å². The van der Waals surface area contributed by atoms with E-state index in [1.54, 1.807) is 0 Å². The lowest BCUT2D eigenvalue weighted by atomic mass is 10.2. The summed E-state index contributed by atoms with van der Waals surface area (Å²) in [5.41, 5.74) is 5.62. The predicted octanol–water partition coefficient (Wildman–Crippen LogP) is 3.35. The van der Waals surface area contributed by atoms with Gasteiger partial charge in [0.25, 0.3) is 0 Å². The average Bonchev–Trinajstić information content (AvgIpc) is 2.35. The van der Waals surface area contributed by atoms with Gasteiger partial charge in [-0.2, -0.15) is 0 Å². The van der Waals surface area contributed by atoms with Crippen molar-refractivity contribution in [2.45, 2.75) is 6.54 Å². The Morgan fingerprint density at radius 3 is 2.00 bits per heavy atom. The van der Waals surface area contributed by atoms with Crippen LogP contribution in [0.4, 0.5) is 13.2 Å². The highest BCUT2D eigenvalue weighted by Gasteiger charge is 2.13. The first-order valence-corrected chi connectivity index (χ1v) is 5.21. The van der Waals surface area contributed by atoms with Crippen molar-refractivity contribution in [3.8, 4) is 11.5 Å². The lowest BCUT2D eigenvalue weighted by molar-refractivity contribution is 0.406. The van der Waals surface area contributed by atoms with Crippen LogP contribution < -0.4 is 10.5 Å². The van der Waals surface area contributed by atoms with E-state index in [0.29, 0.717) is 5.56 Å². The quantitative estimate of drug-likeness (QED) is 0.910. The van der Waals surface area contributed by atoms with Gasteiger partial charge < -0.3 is 10.5 Å². The molecule has 0 atom stereocenters. The van der Waals surface area contributed by atoms with Crippen molar-refractivity contribution in [3.63, 3.8) is 0 Å². The molecule has 94 valence electrons. The van der Waals surface area contributed by atoms with Gasteiger partial charge in [0.1, 0.15) is 11.6 Å². The molecule has 2 aromatic carbocycles. The molecule has 0 unspecified atom stereocenters. The van der Waals surface area contributed by atoms with Crippen molar-refractivity contribution in [1.82, 2.24) is 0 Å². The molecule has 0 aliphatic carbocycles. The zero-order valence-electron chi connectivity index (χ0n) is 9.29. The largest absolute Gasteiger partial charge is 0.451 e. The Labute approximate surface area is 102 Å². The van der Waals surface area contributed by atoms with Crippen LogP contribution in [0, 0.1) is 17.5 Å². The van der Waals surface area contributed by atoms with Crippen molar-refractivity contribution in [2.75, 3.05) is 0 Å². The zero-order chi connectivity index (χ0) is 13.1. The van der Waals surface area contributed by atoms with Gasteiger partial charge in [-0.05, 0) is 42.0 Å². The van der Waals surface area contributed by atoms with Gasteiger partial charge in [-0.25, -0.2) is 13.2 Å². The molecule has 2 nitrogen and oxygen atoms in total. The van der Waals surface area contributed by atoms with Crippen molar-refractivity contribution in [1.29, 1.82) is 0 Å². The molecule has 0 heterocycles. The van der Waals surface area contributed by atoms with Gasteiger partial charge in [0, 0.05) is 6.54 Å². The summed E-state index contributed by atoms with van der Waals surface area (Å²) in [5, 5.41) is 0. The lowest BCUT2D eigenvalue weighted by Gasteiger charge is -2.09. The van der Waals surface area contributed by atoms with E-state index in [4.69, 9.17) is 10.5 Å². The van der Waals surface area contributed by atoms with Crippen LogP contribution in [0.15, 0.2) is 36.4 Å². The average molecular weight is 253 g/mol. The highest BCUT2D eigenvalue weighted by Crippen LogP contribution is 2.28. The number of ether oxygens (including phenoxy) is 1. The van der Waals surface area contributed by atoms with Gasteiger partial charge >= 0.3 is 0 Å². The molecule has 0 aliphatic heterocycles. The summed E-state index contributed by atoms with van der Waals surface area (Å²) in [6.07, 6.45) is 0. The SMILES string of the molecule is NCc1cc(F)c(Oc2ccc(F)cc2)c(F)c1. The van der Waals surface area contributed by atoms with Crippen LogP contribution in [0.2, 0.25) is 0 Å². The molecular weight excluding hydrogens is 243 g/mol. The standard InChI is InChI=1S/C13H10F3NO/c14-9-1-3-10(4-2-9)18-13-11(15)5-8(7-17)6-12(13)16/h1-6H,7,17H2. The molecule has 2 aromatic rings. The first-order valence-electron chi connectivity index (χ1n) is 5.21. The van der Waals surface area contributed by atoms with E-state index in [2.05, 4.69) is 0 Å². The van der Waals surface area contributed by atoms with E-state index in [-0.39, 0.29) is 12.3 Å². The lowest BCUT2D eigenvalue weighted by Crippen LogP contribution is -2.00. The van der Waals surface area contributed by atoms with Gasteiger partial charge in [-0.15, -0.1) is 0 Å². The molecule has 0 aliphatic rings. The van der Waals surface area contributed by atoms with Crippen LogP contribution >= 0.6 is 0 Å². The number of halogens is 3. The third-order valence-corrected chi connectivity index (χ3v) is 2.33. The second-order valence-electron chi connectivity index (χ2n) is 3.65. The molecular formula is C13H10F3NO. The maximum atomic E-state index is 13.6. The molecule has 0 radical (unpaired) electrons. The van der Waals surface area contributed by atoms with Crippen LogP contribution in [-0.4, -0.2) is 0 Å². The van der Waals surface area contributed by atoms with Gasteiger partial charge in [-0.1, -0.05) is 0 Å². The third kappa shape index (κ3) is 2.62. The first-order chi connectivity index (χ1) is 8.60. The Morgan fingerprint density at radius 2 is 1.50 bits per heavy atom. The monoisotopic (exact) mass is 253 g/mol. The van der Waals surface area contributed by atoms with E-state index in [9.17, 15) is 13.2 Å². The second kappa shape index (κ2) is 5.10. The zero-order valence-corrected chi connectivity index (χ0v) is 9.29. The Bertz CT molecular complexity index is 532. The normalized spacial score (nSPS) is 10.4. The molecule has 0 amide bonds. The maximum Gasteiger partial charge on any atom is 0.198 e. The van der Waals surface area contributed by atoms with E-state index in [0.717, 1.165) is 24.3 Å². The Balaban J connectivity index is 2.31. The molecule has 0 saturated heterocycles. The molecule has 0 aromatic heterocycles. The van der Waals surface area contributed by atoms with Gasteiger partial charge in [0.05, 0.1) is 0 Å². The molecule has 2 N–H and O–H groups in total. The fourth-order valence-corrected chi connectivity index (χ4v) is 1.45. The minimum absolute atomic E-state index is 0.0324.